The number of thiophene rings is 1. The molecule has 0 fully saturated rings. The van der Waals surface area contributed by atoms with Crippen molar-refractivity contribution in [1.29, 1.82) is 0 Å². The van der Waals surface area contributed by atoms with E-state index in [0.717, 1.165) is 4.88 Å². The minimum Gasteiger partial charge on any atom is -0.289 e. The van der Waals surface area contributed by atoms with Gasteiger partial charge in [0.05, 0.1) is 4.34 Å². The quantitative estimate of drug-likeness (QED) is 0.575. The summed E-state index contributed by atoms with van der Waals surface area (Å²) in [6.07, 6.45) is 3.29. The lowest BCUT2D eigenvalue weighted by molar-refractivity contribution is 0.104. The van der Waals surface area contributed by atoms with Crippen molar-refractivity contribution in [3.63, 3.8) is 0 Å². The zero-order valence-electron chi connectivity index (χ0n) is 8.69. The Hall–Kier alpha value is -1.09. The standard InChI is InChI=1S/C13H8Cl2OS/c14-10-3-1-9(2-4-10)12(16)7-5-11-6-8-13(15)17-11/h1-8H/b7-5+. The molecule has 0 aliphatic heterocycles. The summed E-state index contributed by atoms with van der Waals surface area (Å²) < 4.78 is 0.712. The highest BCUT2D eigenvalue weighted by atomic mass is 35.5. The fraction of sp³-hybridized carbons (Fsp3) is 0. The maximum Gasteiger partial charge on any atom is 0.185 e. The number of carbonyl (C=O) groups is 1. The van der Waals surface area contributed by atoms with E-state index in [-0.39, 0.29) is 5.78 Å². The maximum atomic E-state index is 11.8. The van der Waals surface area contributed by atoms with Gasteiger partial charge in [-0.25, -0.2) is 0 Å². The molecule has 0 N–H and O–H groups in total. The lowest BCUT2D eigenvalue weighted by Gasteiger charge is -1.95. The highest BCUT2D eigenvalue weighted by molar-refractivity contribution is 7.17. The molecule has 1 aromatic carbocycles. The Morgan fingerprint density at radius 2 is 1.76 bits per heavy atom. The van der Waals surface area contributed by atoms with Gasteiger partial charge in [-0.1, -0.05) is 23.2 Å². The first-order valence-electron chi connectivity index (χ1n) is 4.88. The SMILES string of the molecule is O=C(/C=C/c1ccc(Cl)s1)c1ccc(Cl)cc1. The smallest absolute Gasteiger partial charge is 0.185 e. The Bertz CT molecular complexity index is 555. The van der Waals surface area contributed by atoms with Gasteiger partial charge in [-0.15, -0.1) is 11.3 Å². The van der Waals surface area contributed by atoms with E-state index in [1.165, 1.54) is 17.4 Å². The topological polar surface area (TPSA) is 17.1 Å². The second kappa shape index (κ2) is 5.50. The van der Waals surface area contributed by atoms with Gasteiger partial charge in [0.15, 0.2) is 5.78 Å². The van der Waals surface area contributed by atoms with Gasteiger partial charge in [-0.05, 0) is 48.6 Å². The van der Waals surface area contributed by atoms with Gasteiger partial charge in [-0.3, -0.25) is 4.79 Å². The van der Waals surface area contributed by atoms with E-state index in [0.29, 0.717) is 14.9 Å². The van der Waals surface area contributed by atoms with E-state index >= 15 is 0 Å². The first-order chi connectivity index (χ1) is 8.15. The molecule has 2 aromatic rings. The third kappa shape index (κ3) is 3.43. The molecule has 1 aromatic heterocycles. The number of rotatable bonds is 3. The van der Waals surface area contributed by atoms with Crippen molar-refractivity contribution in [3.05, 3.63) is 62.3 Å². The molecule has 0 saturated heterocycles. The Morgan fingerprint density at radius 3 is 2.35 bits per heavy atom. The Kier molecular flexibility index (Phi) is 4.00. The average Bonchev–Trinajstić information content (AvgIpc) is 2.73. The molecule has 1 heterocycles. The molecule has 0 amide bonds. The fourth-order valence-corrected chi connectivity index (χ4v) is 2.38. The Labute approximate surface area is 113 Å². The van der Waals surface area contributed by atoms with Crippen molar-refractivity contribution in [1.82, 2.24) is 0 Å². The molecule has 0 spiro atoms. The largest absolute Gasteiger partial charge is 0.289 e. The number of carbonyl (C=O) groups excluding carboxylic acids is 1. The van der Waals surface area contributed by atoms with Crippen LogP contribution in [0, 0.1) is 0 Å². The van der Waals surface area contributed by atoms with Gasteiger partial charge in [0, 0.05) is 15.5 Å². The van der Waals surface area contributed by atoms with Crippen molar-refractivity contribution >= 4 is 46.4 Å². The first-order valence-corrected chi connectivity index (χ1v) is 6.46. The van der Waals surface area contributed by atoms with Crippen LogP contribution in [0.4, 0.5) is 0 Å². The summed E-state index contributed by atoms with van der Waals surface area (Å²) in [5.74, 6) is -0.0498. The van der Waals surface area contributed by atoms with Crippen LogP contribution in [0.3, 0.4) is 0 Å². The van der Waals surface area contributed by atoms with Crippen LogP contribution in [0.1, 0.15) is 15.2 Å². The van der Waals surface area contributed by atoms with Crippen LogP contribution >= 0.6 is 34.5 Å². The summed E-state index contributed by atoms with van der Waals surface area (Å²) in [4.78, 5) is 12.7. The van der Waals surface area contributed by atoms with Crippen LogP contribution in [0.2, 0.25) is 9.36 Å². The predicted octanol–water partition coefficient (Wildman–Crippen LogP) is 4.95. The summed E-state index contributed by atoms with van der Waals surface area (Å²) in [5, 5.41) is 0.621. The number of halogens is 2. The van der Waals surface area contributed by atoms with E-state index in [9.17, 15) is 4.79 Å². The van der Waals surface area contributed by atoms with Gasteiger partial charge in [0.1, 0.15) is 0 Å². The molecule has 0 aliphatic carbocycles. The van der Waals surface area contributed by atoms with Crippen LogP contribution in [0.25, 0.3) is 6.08 Å². The van der Waals surface area contributed by atoms with E-state index < -0.39 is 0 Å². The summed E-state index contributed by atoms with van der Waals surface area (Å²) in [5.41, 5.74) is 0.619. The molecule has 2 rings (SSSR count). The van der Waals surface area contributed by atoms with Crippen molar-refractivity contribution < 1.29 is 4.79 Å². The highest BCUT2D eigenvalue weighted by Crippen LogP contribution is 2.22. The van der Waals surface area contributed by atoms with Crippen LogP contribution in [-0.2, 0) is 0 Å². The molecule has 0 aliphatic rings. The van der Waals surface area contributed by atoms with E-state index in [1.807, 2.05) is 6.07 Å². The van der Waals surface area contributed by atoms with Crippen LogP contribution in [0.5, 0.6) is 0 Å². The third-order valence-corrected chi connectivity index (χ3v) is 3.57. The summed E-state index contributed by atoms with van der Waals surface area (Å²) in [7, 11) is 0. The van der Waals surface area contributed by atoms with Crippen molar-refractivity contribution in [2.24, 2.45) is 0 Å². The normalized spacial score (nSPS) is 10.9. The molecule has 17 heavy (non-hydrogen) atoms. The molecule has 1 nitrogen and oxygen atoms in total. The second-order valence-corrected chi connectivity index (χ2v) is 5.53. The van der Waals surface area contributed by atoms with Gasteiger partial charge >= 0.3 is 0 Å². The molecule has 0 unspecified atom stereocenters. The van der Waals surface area contributed by atoms with Crippen LogP contribution < -0.4 is 0 Å². The zero-order valence-corrected chi connectivity index (χ0v) is 11.0. The van der Waals surface area contributed by atoms with Gasteiger partial charge in [0.25, 0.3) is 0 Å². The first kappa shape index (κ1) is 12.4. The number of hydrogen-bond acceptors (Lipinski definition) is 2. The highest BCUT2D eigenvalue weighted by Gasteiger charge is 2.01. The minimum absolute atomic E-state index is 0.0498. The van der Waals surface area contributed by atoms with Gasteiger partial charge in [0.2, 0.25) is 0 Å². The molecule has 4 heteroatoms. The Balaban J connectivity index is 2.11. The van der Waals surface area contributed by atoms with E-state index in [1.54, 1.807) is 36.4 Å². The summed E-state index contributed by atoms with van der Waals surface area (Å²) >= 11 is 13.0. The molecule has 0 atom stereocenters. The number of ketones is 1. The van der Waals surface area contributed by atoms with Crippen LogP contribution in [-0.4, -0.2) is 5.78 Å². The molecule has 0 saturated carbocycles. The lowest BCUT2D eigenvalue weighted by Crippen LogP contribution is -1.92. The van der Waals surface area contributed by atoms with Crippen LogP contribution in [0.15, 0.2) is 42.5 Å². The molecular weight excluding hydrogens is 275 g/mol. The minimum atomic E-state index is -0.0498. The van der Waals surface area contributed by atoms with Crippen molar-refractivity contribution in [3.8, 4) is 0 Å². The maximum absolute atomic E-state index is 11.8. The molecular formula is C13H8Cl2OS. The summed E-state index contributed by atoms with van der Waals surface area (Å²) in [6.45, 7) is 0. The molecule has 0 bridgehead atoms. The van der Waals surface area contributed by atoms with Gasteiger partial charge < -0.3 is 0 Å². The fourth-order valence-electron chi connectivity index (χ4n) is 1.29. The van der Waals surface area contributed by atoms with Crippen molar-refractivity contribution in [2.45, 2.75) is 0 Å². The predicted molar refractivity (Wildman–Crippen MR) is 74.1 cm³/mol. The molecule has 0 radical (unpaired) electrons. The van der Waals surface area contributed by atoms with Crippen molar-refractivity contribution in [2.75, 3.05) is 0 Å². The number of benzene rings is 1. The van der Waals surface area contributed by atoms with Gasteiger partial charge in [-0.2, -0.15) is 0 Å². The summed E-state index contributed by atoms with van der Waals surface area (Å²) in [6, 6.07) is 10.5. The van der Waals surface area contributed by atoms with E-state index in [4.69, 9.17) is 23.2 Å². The lowest BCUT2D eigenvalue weighted by atomic mass is 10.1. The monoisotopic (exact) mass is 282 g/mol. The number of allylic oxidation sites excluding steroid dienone is 1. The Morgan fingerprint density at radius 1 is 1.06 bits per heavy atom. The number of hydrogen-bond donors (Lipinski definition) is 0. The van der Waals surface area contributed by atoms with E-state index in [2.05, 4.69) is 0 Å². The zero-order chi connectivity index (χ0) is 12.3. The molecule has 86 valence electrons. The average molecular weight is 283 g/mol. The second-order valence-electron chi connectivity index (χ2n) is 3.35. The third-order valence-electron chi connectivity index (χ3n) is 2.12.